The maximum atomic E-state index is 14.2. The van der Waals surface area contributed by atoms with Gasteiger partial charge in [0.05, 0.1) is 13.2 Å². The average Bonchev–Trinajstić information content (AvgIpc) is 3.32. The quantitative estimate of drug-likeness (QED) is 0.887. The van der Waals surface area contributed by atoms with Crippen molar-refractivity contribution >= 4 is 0 Å². The lowest BCUT2D eigenvalue weighted by Gasteiger charge is -2.16. The normalized spacial score (nSPS) is 14.2. The van der Waals surface area contributed by atoms with Gasteiger partial charge in [0.15, 0.2) is 0 Å². The molecule has 0 atom stereocenters. The highest BCUT2D eigenvalue weighted by Crippen LogP contribution is 2.46. The molecule has 1 N–H and O–H groups in total. The molecule has 0 aromatic heterocycles. The first-order valence-corrected chi connectivity index (χ1v) is 7.50. The van der Waals surface area contributed by atoms with Gasteiger partial charge in [-0.1, -0.05) is 0 Å². The topological polar surface area (TPSA) is 29.5 Å². The summed E-state index contributed by atoms with van der Waals surface area (Å²) in [6, 6.07) is 7.27. The molecule has 1 saturated carbocycles. The molecule has 1 aliphatic rings. The second-order valence-corrected chi connectivity index (χ2v) is 5.54. The molecule has 2 nitrogen and oxygen atoms in total. The van der Waals surface area contributed by atoms with Crippen LogP contribution in [-0.2, 0) is 6.61 Å². The highest BCUT2D eigenvalue weighted by Gasteiger charge is 2.28. The number of aliphatic hydroxyl groups excluding tert-OH is 1. The number of hydrogen-bond donors (Lipinski definition) is 1. The van der Waals surface area contributed by atoms with Gasteiger partial charge in [-0.2, -0.15) is 0 Å². The van der Waals surface area contributed by atoms with Crippen LogP contribution < -0.4 is 4.74 Å². The van der Waals surface area contributed by atoms with E-state index in [1.807, 2.05) is 13.0 Å². The van der Waals surface area contributed by atoms with E-state index in [4.69, 9.17) is 4.74 Å². The van der Waals surface area contributed by atoms with Crippen molar-refractivity contribution < 1.29 is 18.6 Å². The van der Waals surface area contributed by atoms with E-state index in [0.29, 0.717) is 29.4 Å². The van der Waals surface area contributed by atoms with Gasteiger partial charge in [0, 0.05) is 17.2 Å². The minimum atomic E-state index is -0.591. The second kappa shape index (κ2) is 6.05. The molecule has 2 aromatic rings. The number of aliphatic hydroxyl groups is 1. The minimum absolute atomic E-state index is 0.124. The fourth-order valence-corrected chi connectivity index (χ4v) is 2.73. The second-order valence-electron chi connectivity index (χ2n) is 5.54. The van der Waals surface area contributed by atoms with Crippen LogP contribution in [0.15, 0.2) is 30.3 Å². The summed E-state index contributed by atoms with van der Waals surface area (Å²) in [6.07, 6.45) is 2.10. The van der Waals surface area contributed by atoms with Gasteiger partial charge in [0.1, 0.15) is 17.4 Å². The summed E-state index contributed by atoms with van der Waals surface area (Å²) in [5, 5.41) is 9.52. The van der Waals surface area contributed by atoms with E-state index in [-0.39, 0.29) is 6.61 Å². The van der Waals surface area contributed by atoms with Crippen LogP contribution in [0.5, 0.6) is 5.75 Å². The lowest BCUT2D eigenvalue weighted by molar-refractivity contribution is 0.267. The molecule has 0 bridgehead atoms. The summed E-state index contributed by atoms with van der Waals surface area (Å²) in [7, 11) is 0. The fourth-order valence-electron chi connectivity index (χ4n) is 2.73. The van der Waals surface area contributed by atoms with Crippen LogP contribution in [0.2, 0.25) is 0 Å². The van der Waals surface area contributed by atoms with Crippen molar-refractivity contribution in [2.24, 2.45) is 0 Å². The summed E-state index contributed by atoms with van der Waals surface area (Å²) < 4.78 is 32.9. The Morgan fingerprint density at radius 1 is 1.14 bits per heavy atom. The first kappa shape index (κ1) is 15.0. The van der Waals surface area contributed by atoms with E-state index < -0.39 is 11.6 Å². The van der Waals surface area contributed by atoms with Gasteiger partial charge in [0.2, 0.25) is 0 Å². The zero-order valence-electron chi connectivity index (χ0n) is 12.4. The van der Waals surface area contributed by atoms with Crippen molar-refractivity contribution in [3.8, 4) is 16.9 Å². The number of halogens is 2. The average molecular weight is 304 g/mol. The maximum absolute atomic E-state index is 14.2. The summed E-state index contributed by atoms with van der Waals surface area (Å²) in [4.78, 5) is 0. The van der Waals surface area contributed by atoms with Gasteiger partial charge in [-0.25, -0.2) is 8.78 Å². The molecule has 3 rings (SSSR count). The lowest BCUT2D eigenvalue weighted by Crippen LogP contribution is -2.01. The molecule has 2 aromatic carbocycles. The van der Waals surface area contributed by atoms with Crippen LogP contribution in [0.3, 0.4) is 0 Å². The SMILES string of the molecule is CCOc1cc(-c2ccc(F)cc2F)c(C2CC2)cc1CO. The molecule has 0 radical (unpaired) electrons. The maximum Gasteiger partial charge on any atom is 0.133 e. The third-order valence-corrected chi connectivity index (χ3v) is 3.94. The van der Waals surface area contributed by atoms with Gasteiger partial charge >= 0.3 is 0 Å². The molecule has 116 valence electrons. The summed E-state index contributed by atoms with van der Waals surface area (Å²) in [6.45, 7) is 2.19. The summed E-state index contributed by atoms with van der Waals surface area (Å²) >= 11 is 0. The van der Waals surface area contributed by atoms with Crippen molar-refractivity contribution in [1.29, 1.82) is 0 Å². The number of rotatable bonds is 5. The molecule has 1 aliphatic carbocycles. The molecular formula is C18H18F2O2. The molecule has 0 heterocycles. The fraction of sp³-hybridized carbons (Fsp3) is 0.333. The van der Waals surface area contributed by atoms with E-state index in [2.05, 4.69) is 0 Å². The monoisotopic (exact) mass is 304 g/mol. The molecule has 0 amide bonds. The van der Waals surface area contributed by atoms with Crippen molar-refractivity contribution in [2.75, 3.05) is 6.61 Å². The Hall–Kier alpha value is -1.94. The third kappa shape index (κ3) is 2.83. The van der Waals surface area contributed by atoms with Crippen LogP contribution in [-0.4, -0.2) is 11.7 Å². The van der Waals surface area contributed by atoms with Crippen molar-refractivity contribution in [3.63, 3.8) is 0 Å². The van der Waals surface area contributed by atoms with E-state index in [1.165, 1.54) is 12.1 Å². The molecule has 0 spiro atoms. The van der Waals surface area contributed by atoms with Gasteiger partial charge in [0.25, 0.3) is 0 Å². The number of ether oxygens (including phenoxy) is 1. The van der Waals surface area contributed by atoms with Gasteiger partial charge in [-0.3, -0.25) is 0 Å². The highest BCUT2D eigenvalue weighted by molar-refractivity contribution is 5.72. The van der Waals surface area contributed by atoms with E-state index in [1.54, 1.807) is 6.07 Å². The Bertz CT molecular complexity index is 694. The Balaban J connectivity index is 2.17. The van der Waals surface area contributed by atoms with Crippen LogP contribution >= 0.6 is 0 Å². The van der Waals surface area contributed by atoms with Crippen molar-refractivity contribution in [1.82, 2.24) is 0 Å². The summed E-state index contributed by atoms with van der Waals surface area (Å²) in [5.41, 5.74) is 2.79. The standard InChI is InChI=1S/C18H18F2O2/c1-2-22-18-9-16(14-6-5-13(19)8-17(14)20)15(11-3-4-11)7-12(18)10-21/h5-9,11,21H,2-4,10H2,1H3. The van der Waals surface area contributed by atoms with Crippen molar-refractivity contribution in [2.45, 2.75) is 32.3 Å². The minimum Gasteiger partial charge on any atom is -0.493 e. The lowest BCUT2D eigenvalue weighted by atomic mass is 9.93. The number of benzene rings is 2. The Morgan fingerprint density at radius 3 is 2.50 bits per heavy atom. The smallest absolute Gasteiger partial charge is 0.133 e. The first-order valence-electron chi connectivity index (χ1n) is 7.50. The largest absolute Gasteiger partial charge is 0.493 e. The zero-order valence-corrected chi connectivity index (χ0v) is 12.4. The Labute approximate surface area is 128 Å². The predicted molar refractivity (Wildman–Crippen MR) is 80.9 cm³/mol. The number of hydrogen-bond acceptors (Lipinski definition) is 2. The van der Waals surface area contributed by atoms with Gasteiger partial charge in [-0.15, -0.1) is 0 Å². The van der Waals surface area contributed by atoms with E-state index in [0.717, 1.165) is 30.0 Å². The van der Waals surface area contributed by atoms with Crippen LogP contribution in [0.4, 0.5) is 8.78 Å². The third-order valence-electron chi connectivity index (χ3n) is 3.94. The highest BCUT2D eigenvalue weighted by atomic mass is 19.1. The molecule has 0 aliphatic heterocycles. The predicted octanol–water partition coefficient (Wildman–Crippen LogP) is 4.40. The zero-order chi connectivity index (χ0) is 15.7. The van der Waals surface area contributed by atoms with E-state index in [9.17, 15) is 13.9 Å². The molecular weight excluding hydrogens is 286 g/mol. The Morgan fingerprint density at radius 2 is 1.91 bits per heavy atom. The van der Waals surface area contributed by atoms with Crippen LogP contribution in [0.25, 0.3) is 11.1 Å². The van der Waals surface area contributed by atoms with Crippen molar-refractivity contribution in [3.05, 3.63) is 53.1 Å². The van der Waals surface area contributed by atoms with Gasteiger partial charge in [-0.05, 0) is 61.1 Å². The van der Waals surface area contributed by atoms with Gasteiger partial charge < -0.3 is 9.84 Å². The molecule has 4 heteroatoms. The molecule has 22 heavy (non-hydrogen) atoms. The van der Waals surface area contributed by atoms with Crippen LogP contribution in [0, 0.1) is 11.6 Å². The summed E-state index contributed by atoms with van der Waals surface area (Å²) in [5.74, 6) is -0.249. The van der Waals surface area contributed by atoms with Crippen LogP contribution in [0.1, 0.15) is 36.8 Å². The molecule has 0 unspecified atom stereocenters. The Kier molecular flexibility index (Phi) is 4.12. The molecule has 1 fully saturated rings. The molecule has 0 saturated heterocycles. The first-order chi connectivity index (χ1) is 10.6. The van der Waals surface area contributed by atoms with E-state index >= 15 is 0 Å².